The van der Waals surface area contributed by atoms with Gasteiger partial charge in [0.25, 0.3) is 11.8 Å². The van der Waals surface area contributed by atoms with Crippen LogP contribution in [0, 0.1) is 13.8 Å². The van der Waals surface area contributed by atoms with E-state index in [1.54, 1.807) is 0 Å². The molecule has 26 heavy (non-hydrogen) atoms. The average Bonchev–Trinajstić information content (AvgIpc) is 3.07. The summed E-state index contributed by atoms with van der Waals surface area (Å²) < 4.78 is 2.01. The highest BCUT2D eigenvalue weighted by Crippen LogP contribution is 2.33. The molecule has 2 aromatic rings. The van der Waals surface area contributed by atoms with Crippen molar-refractivity contribution in [1.29, 1.82) is 0 Å². The third kappa shape index (κ3) is 2.77. The summed E-state index contributed by atoms with van der Waals surface area (Å²) in [6.07, 6.45) is 0. The second-order valence-corrected chi connectivity index (χ2v) is 8.03. The van der Waals surface area contributed by atoms with Gasteiger partial charge in [0, 0.05) is 54.8 Å². The molecule has 1 aromatic carbocycles. The monoisotopic (exact) mass is 369 g/mol. The highest BCUT2D eigenvalue weighted by molar-refractivity contribution is 7.99. The fourth-order valence-electron chi connectivity index (χ4n) is 3.96. The Morgan fingerprint density at radius 3 is 2.04 bits per heavy atom. The molecule has 6 heteroatoms. The molecule has 4 rings (SSSR count). The van der Waals surface area contributed by atoms with Crippen molar-refractivity contribution in [3.8, 4) is 5.69 Å². The van der Waals surface area contributed by atoms with Gasteiger partial charge in [0.05, 0.1) is 11.1 Å². The molecule has 3 heterocycles. The molecule has 2 aliphatic heterocycles. The van der Waals surface area contributed by atoms with Crippen molar-refractivity contribution in [3.05, 3.63) is 52.8 Å². The zero-order valence-electron chi connectivity index (χ0n) is 15.2. The summed E-state index contributed by atoms with van der Waals surface area (Å²) in [5, 5.41) is 0. The lowest BCUT2D eigenvalue weighted by molar-refractivity contribution is 0.0636. The number of amides is 2. The Morgan fingerprint density at radius 1 is 0.885 bits per heavy atom. The number of hydrogen-bond acceptors (Lipinski definition) is 4. The molecule has 2 aliphatic rings. The van der Waals surface area contributed by atoms with Crippen molar-refractivity contribution in [3.63, 3.8) is 0 Å². The van der Waals surface area contributed by atoms with E-state index < -0.39 is 0 Å². The Kier molecular flexibility index (Phi) is 4.63. The predicted molar refractivity (Wildman–Crippen MR) is 104 cm³/mol. The van der Waals surface area contributed by atoms with Crippen LogP contribution in [-0.4, -0.2) is 63.9 Å². The number of carbonyl (C=O) groups is 2. The molecular formula is C20H23N3O2S. The maximum Gasteiger partial charge on any atom is 0.263 e. The molecule has 1 saturated heterocycles. The van der Waals surface area contributed by atoms with Crippen molar-refractivity contribution in [1.82, 2.24) is 14.4 Å². The maximum atomic E-state index is 13.0. The van der Waals surface area contributed by atoms with Crippen LogP contribution in [0.1, 0.15) is 32.1 Å². The zero-order chi connectivity index (χ0) is 18.3. The second kappa shape index (κ2) is 6.93. The van der Waals surface area contributed by atoms with E-state index in [0.717, 1.165) is 48.2 Å². The molecule has 0 aliphatic carbocycles. The zero-order valence-corrected chi connectivity index (χ0v) is 16.0. The summed E-state index contributed by atoms with van der Waals surface area (Å²) in [5.41, 5.74) is 3.82. The first-order valence-corrected chi connectivity index (χ1v) is 10.2. The summed E-state index contributed by atoms with van der Waals surface area (Å²) in [7, 11) is 0. The van der Waals surface area contributed by atoms with Gasteiger partial charge < -0.3 is 4.57 Å². The maximum absolute atomic E-state index is 13.0. The van der Waals surface area contributed by atoms with Crippen LogP contribution in [0.2, 0.25) is 0 Å². The lowest BCUT2D eigenvalue weighted by Gasteiger charge is -2.27. The van der Waals surface area contributed by atoms with E-state index in [0.29, 0.717) is 17.7 Å². The number of fused-ring (bicyclic) bond motifs is 1. The fraction of sp³-hybridized carbons (Fsp3) is 0.400. The topological polar surface area (TPSA) is 45.6 Å². The van der Waals surface area contributed by atoms with Gasteiger partial charge in [-0.15, -0.1) is 0 Å². The number of para-hydroxylation sites is 1. The predicted octanol–water partition coefficient (Wildman–Crippen LogP) is 2.74. The van der Waals surface area contributed by atoms with E-state index in [9.17, 15) is 9.59 Å². The summed E-state index contributed by atoms with van der Waals surface area (Å²) >= 11 is 1.96. The first-order chi connectivity index (χ1) is 12.6. The van der Waals surface area contributed by atoms with Crippen molar-refractivity contribution >= 4 is 23.6 Å². The number of carbonyl (C=O) groups excluding carboxylic acids is 2. The quantitative estimate of drug-likeness (QED) is 0.778. The van der Waals surface area contributed by atoms with Gasteiger partial charge >= 0.3 is 0 Å². The van der Waals surface area contributed by atoms with Crippen LogP contribution in [-0.2, 0) is 0 Å². The molecule has 0 saturated carbocycles. The molecule has 0 unspecified atom stereocenters. The van der Waals surface area contributed by atoms with Crippen molar-refractivity contribution in [2.24, 2.45) is 0 Å². The first kappa shape index (κ1) is 17.4. The lowest BCUT2D eigenvalue weighted by atomic mass is 10.1. The molecular weight excluding hydrogens is 346 g/mol. The third-order valence-electron chi connectivity index (χ3n) is 5.32. The van der Waals surface area contributed by atoms with Crippen molar-refractivity contribution < 1.29 is 9.59 Å². The molecule has 5 nitrogen and oxygen atoms in total. The van der Waals surface area contributed by atoms with Crippen LogP contribution in [0.25, 0.3) is 5.69 Å². The van der Waals surface area contributed by atoms with Gasteiger partial charge in [-0.3, -0.25) is 19.4 Å². The van der Waals surface area contributed by atoms with Crippen LogP contribution in [0.4, 0.5) is 0 Å². The minimum atomic E-state index is -0.147. The van der Waals surface area contributed by atoms with Crippen LogP contribution in [0.3, 0.4) is 0 Å². The number of imide groups is 1. The molecule has 136 valence electrons. The minimum absolute atomic E-state index is 0.147. The van der Waals surface area contributed by atoms with Gasteiger partial charge in [0.1, 0.15) is 0 Å². The lowest BCUT2D eigenvalue weighted by Crippen LogP contribution is -2.41. The molecule has 0 N–H and O–H groups in total. The third-order valence-corrected chi connectivity index (χ3v) is 6.26. The molecule has 2 amide bonds. The summed E-state index contributed by atoms with van der Waals surface area (Å²) in [4.78, 5) is 29.7. The second-order valence-electron chi connectivity index (χ2n) is 6.81. The average molecular weight is 369 g/mol. The molecule has 0 atom stereocenters. The normalized spacial score (nSPS) is 17.8. The summed E-state index contributed by atoms with van der Waals surface area (Å²) in [6, 6.07) is 9.88. The van der Waals surface area contributed by atoms with Gasteiger partial charge in [-0.1, -0.05) is 18.2 Å². The number of hydrogen-bond donors (Lipinski definition) is 0. The summed E-state index contributed by atoms with van der Waals surface area (Å²) in [6.45, 7) is 7.16. The Morgan fingerprint density at radius 2 is 1.46 bits per heavy atom. The number of aromatic nitrogens is 1. The van der Waals surface area contributed by atoms with E-state index >= 15 is 0 Å². The smallest absolute Gasteiger partial charge is 0.263 e. The standard InChI is InChI=1S/C20H23N3O2S/c1-14-17-18(15(2)23(14)16-6-4-3-5-7-16)20(25)22(19(17)24)9-8-21-10-12-26-13-11-21/h3-7H,8-13H2,1-2H3. The molecule has 0 spiro atoms. The minimum Gasteiger partial charge on any atom is -0.317 e. The number of thioether (sulfide) groups is 1. The highest BCUT2D eigenvalue weighted by atomic mass is 32.2. The van der Waals surface area contributed by atoms with Crippen LogP contribution in [0.15, 0.2) is 30.3 Å². The van der Waals surface area contributed by atoms with E-state index in [4.69, 9.17) is 0 Å². The van der Waals surface area contributed by atoms with E-state index in [1.165, 1.54) is 4.90 Å². The van der Waals surface area contributed by atoms with E-state index in [-0.39, 0.29) is 11.8 Å². The first-order valence-electron chi connectivity index (χ1n) is 9.03. The van der Waals surface area contributed by atoms with Gasteiger partial charge in [0.15, 0.2) is 0 Å². The Balaban J connectivity index is 1.60. The van der Waals surface area contributed by atoms with Crippen molar-refractivity contribution in [2.45, 2.75) is 13.8 Å². The van der Waals surface area contributed by atoms with Gasteiger partial charge in [-0.25, -0.2) is 0 Å². The molecule has 1 aromatic heterocycles. The molecule has 0 bridgehead atoms. The van der Waals surface area contributed by atoms with Crippen LogP contribution in [0.5, 0.6) is 0 Å². The van der Waals surface area contributed by atoms with Crippen molar-refractivity contribution in [2.75, 3.05) is 37.7 Å². The van der Waals surface area contributed by atoms with Crippen LogP contribution >= 0.6 is 11.8 Å². The highest BCUT2D eigenvalue weighted by Gasteiger charge is 2.41. The Hall–Kier alpha value is -2.05. The molecule has 0 radical (unpaired) electrons. The summed E-state index contributed by atoms with van der Waals surface area (Å²) in [5.74, 6) is 1.96. The Labute approximate surface area is 158 Å². The van der Waals surface area contributed by atoms with Gasteiger partial charge in [0.2, 0.25) is 0 Å². The SMILES string of the molecule is Cc1c2c(c(C)n1-c1ccccc1)C(=O)N(CCN1CCSCC1)C2=O. The van der Waals surface area contributed by atoms with Gasteiger partial charge in [-0.05, 0) is 26.0 Å². The molecule has 1 fully saturated rings. The largest absolute Gasteiger partial charge is 0.317 e. The number of rotatable bonds is 4. The Bertz CT molecular complexity index is 814. The number of nitrogens with zero attached hydrogens (tertiary/aromatic N) is 3. The van der Waals surface area contributed by atoms with E-state index in [2.05, 4.69) is 4.90 Å². The van der Waals surface area contributed by atoms with E-state index in [1.807, 2.05) is 60.5 Å². The fourth-order valence-corrected chi connectivity index (χ4v) is 4.93. The van der Waals surface area contributed by atoms with Gasteiger partial charge in [-0.2, -0.15) is 11.8 Å². The van der Waals surface area contributed by atoms with Crippen LogP contribution < -0.4 is 0 Å². The number of benzene rings is 1.